The number of nitrogens with one attached hydrogen (secondary N) is 2. The van der Waals surface area contributed by atoms with Crippen LogP contribution in [0.2, 0.25) is 0 Å². The minimum Gasteiger partial charge on any atom is -0.406 e. The lowest BCUT2D eigenvalue weighted by molar-refractivity contribution is -0.274. The molecular formula is C29H32F4N6O3S. The molecule has 0 atom stereocenters. The molecule has 4 aromatic rings. The van der Waals surface area contributed by atoms with Gasteiger partial charge in [0, 0.05) is 37.3 Å². The molecule has 0 aliphatic rings. The number of nitrogens with zero attached hydrogens (tertiary/aromatic N) is 4. The van der Waals surface area contributed by atoms with Gasteiger partial charge in [0.15, 0.2) is 0 Å². The zero-order valence-electron chi connectivity index (χ0n) is 23.6. The SMILES string of the molecule is CCc1cccc(OC(F)(F)F)c1.CNc1ccc(CCCCc2nnc(NC=O)s2)c(F)n1.O=CCc1ccccn1. The summed E-state index contributed by atoms with van der Waals surface area (Å²) in [5.41, 5.74) is 2.27. The Balaban J connectivity index is 0.000000249. The van der Waals surface area contributed by atoms with Gasteiger partial charge in [-0.2, -0.15) is 4.39 Å². The van der Waals surface area contributed by atoms with E-state index in [1.807, 2.05) is 25.1 Å². The molecule has 0 bridgehead atoms. The molecule has 0 radical (unpaired) electrons. The molecule has 0 saturated carbocycles. The predicted molar refractivity (Wildman–Crippen MR) is 156 cm³/mol. The fourth-order valence-corrected chi connectivity index (χ4v) is 4.15. The van der Waals surface area contributed by atoms with Crippen LogP contribution in [-0.4, -0.2) is 46.3 Å². The zero-order valence-corrected chi connectivity index (χ0v) is 24.4. The van der Waals surface area contributed by atoms with Crippen LogP contribution in [0, 0.1) is 5.95 Å². The molecule has 3 aromatic heterocycles. The summed E-state index contributed by atoms with van der Waals surface area (Å²) in [6, 6.07) is 15.0. The molecular weight excluding hydrogens is 588 g/mol. The minimum absolute atomic E-state index is 0.160. The first-order valence-electron chi connectivity index (χ1n) is 13.2. The van der Waals surface area contributed by atoms with Gasteiger partial charge in [-0.3, -0.25) is 9.78 Å². The van der Waals surface area contributed by atoms with Gasteiger partial charge in [0.25, 0.3) is 0 Å². The highest BCUT2D eigenvalue weighted by atomic mass is 32.1. The molecule has 9 nitrogen and oxygen atoms in total. The molecule has 43 heavy (non-hydrogen) atoms. The summed E-state index contributed by atoms with van der Waals surface area (Å²) in [6.45, 7) is 1.87. The molecule has 1 amide bonds. The van der Waals surface area contributed by atoms with Gasteiger partial charge < -0.3 is 20.2 Å². The van der Waals surface area contributed by atoms with E-state index < -0.39 is 12.3 Å². The van der Waals surface area contributed by atoms with Crippen LogP contribution in [0.25, 0.3) is 0 Å². The molecule has 230 valence electrons. The number of hydrogen-bond acceptors (Lipinski definition) is 9. The number of pyridine rings is 2. The Kier molecular flexibility index (Phi) is 15.2. The molecule has 0 spiro atoms. The highest BCUT2D eigenvalue weighted by Crippen LogP contribution is 2.23. The second-order valence-corrected chi connectivity index (χ2v) is 9.67. The number of alkyl halides is 3. The average molecular weight is 621 g/mol. The number of benzene rings is 1. The van der Waals surface area contributed by atoms with Crippen molar-refractivity contribution in [3.8, 4) is 5.75 Å². The summed E-state index contributed by atoms with van der Waals surface area (Å²) in [4.78, 5) is 27.9. The third-order valence-corrected chi connectivity index (χ3v) is 6.39. The first-order valence-corrected chi connectivity index (χ1v) is 14.0. The van der Waals surface area contributed by atoms with Crippen molar-refractivity contribution in [1.29, 1.82) is 0 Å². The number of rotatable bonds is 12. The van der Waals surface area contributed by atoms with Gasteiger partial charge in [-0.15, -0.1) is 23.4 Å². The standard InChI is InChI=1S/C13H16FN5OS.C9H9F3O.C7H7NO/c1-15-10-7-6-9(12(14)17-10)4-2-3-5-11-18-19-13(21-11)16-8-20;1-2-7-4-3-5-8(6-7)13-9(10,11)12;9-6-4-7-3-1-2-5-8-7/h6-8H,2-5H2,1H3,(H,15,17)(H,16,19,20);3-6H,2H2,1H3;1-3,5-6H,4H2. The Bertz CT molecular complexity index is 1390. The molecule has 1 aromatic carbocycles. The number of aromatic nitrogens is 4. The third kappa shape index (κ3) is 14.3. The lowest BCUT2D eigenvalue weighted by Gasteiger charge is -2.09. The van der Waals surface area contributed by atoms with Gasteiger partial charge >= 0.3 is 6.36 Å². The number of amides is 1. The minimum atomic E-state index is -4.60. The van der Waals surface area contributed by atoms with Crippen molar-refractivity contribution in [2.24, 2.45) is 0 Å². The molecule has 0 aliphatic carbocycles. The number of aldehydes is 1. The van der Waals surface area contributed by atoms with E-state index in [1.165, 1.54) is 23.5 Å². The molecule has 0 aliphatic heterocycles. The van der Waals surface area contributed by atoms with Gasteiger partial charge in [-0.05, 0) is 61.6 Å². The van der Waals surface area contributed by atoms with E-state index >= 15 is 0 Å². The van der Waals surface area contributed by atoms with Crippen LogP contribution in [0.1, 0.15) is 41.6 Å². The molecule has 0 unspecified atom stereocenters. The number of carbonyl (C=O) groups is 2. The second-order valence-electron chi connectivity index (χ2n) is 8.61. The van der Waals surface area contributed by atoms with E-state index in [2.05, 4.69) is 35.5 Å². The quantitative estimate of drug-likeness (QED) is 0.0830. The molecule has 4 rings (SSSR count). The summed E-state index contributed by atoms with van der Waals surface area (Å²) < 4.78 is 52.7. The molecule has 2 N–H and O–H groups in total. The summed E-state index contributed by atoms with van der Waals surface area (Å²) in [7, 11) is 1.71. The number of carbonyl (C=O) groups excluding carboxylic acids is 2. The Morgan fingerprint density at radius 3 is 2.42 bits per heavy atom. The van der Waals surface area contributed by atoms with E-state index in [0.717, 1.165) is 41.8 Å². The number of aryl methyl sites for hydroxylation is 3. The smallest absolute Gasteiger partial charge is 0.406 e. The Morgan fingerprint density at radius 1 is 1.00 bits per heavy atom. The van der Waals surface area contributed by atoms with Gasteiger partial charge in [0.2, 0.25) is 17.5 Å². The molecule has 14 heteroatoms. The van der Waals surface area contributed by atoms with Crippen LogP contribution in [-0.2, 0) is 35.3 Å². The Labute approximate surface area is 250 Å². The summed E-state index contributed by atoms with van der Waals surface area (Å²) in [5.74, 6) is -0.0533. The summed E-state index contributed by atoms with van der Waals surface area (Å²) in [5, 5.41) is 14.4. The number of hydrogen-bond donors (Lipinski definition) is 2. The predicted octanol–water partition coefficient (Wildman–Crippen LogP) is 6.22. The molecule has 0 fully saturated rings. The number of anilines is 2. The van der Waals surface area contributed by atoms with Crippen molar-refractivity contribution in [2.75, 3.05) is 17.7 Å². The topological polar surface area (TPSA) is 119 Å². The van der Waals surface area contributed by atoms with Crippen molar-refractivity contribution < 1.29 is 31.9 Å². The first-order chi connectivity index (χ1) is 20.7. The van der Waals surface area contributed by atoms with Crippen LogP contribution in [0.15, 0.2) is 60.8 Å². The highest BCUT2D eigenvalue weighted by Gasteiger charge is 2.31. The molecule has 3 heterocycles. The van der Waals surface area contributed by atoms with Crippen LogP contribution in [0.3, 0.4) is 0 Å². The maximum atomic E-state index is 13.7. The van der Waals surface area contributed by atoms with Gasteiger partial charge in [0.1, 0.15) is 22.9 Å². The second kappa shape index (κ2) is 18.9. The number of ether oxygens (including phenoxy) is 1. The van der Waals surface area contributed by atoms with Gasteiger partial charge in [-0.1, -0.05) is 42.5 Å². The van der Waals surface area contributed by atoms with Crippen molar-refractivity contribution in [1.82, 2.24) is 20.2 Å². The van der Waals surface area contributed by atoms with Crippen molar-refractivity contribution in [2.45, 2.75) is 51.8 Å². The average Bonchev–Trinajstić information content (AvgIpc) is 3.44. The van der Waals surface area contributed by atoms with Crippen LogP contribution >= 0.6 is 11.3 Å². The Morgan fingerprint density at radius 2 is 1.79 bits per heavy atom. The third-order valence-electron chi connectivity index (χ3n) is 5.48. The fraction of sp³-hybridized carbons (Fsp3) is 0.310. The van der Waals surface area contributed by atoms with Crippen molar-refractivity contribution in [3.63, 3.8) is 0 Å². The fourth-order valence-electron chi connectivity index (χ4n) is 3.41. The largest absolute Gasteiger partial charge is 0.573 e. The first kappa shape index (κ1) is 34.7. The lowest BCUT2D eigenvalue weighted by Crippen LogP contribution is -2.17. The molecule has 0 saturated heterocycles. The van der Waals surface area contributed by atoms with Gasteiger partial charge in [0.05, 0.1) is 0 Å². The number of halogens is 4. The lowest BCUT2D eigenvalue weighted by atomic mass is 10.1. The Hall–Kier alpha value is -4.46. The number of unbranched alkanes of at least 4 members (excludes halogenated alkanes) is 1. The maximum absolute atomic E-state index is 13.7. The van der Waals surface area contributed by atoms with Crippen molar-refractivity contribution >= 4 is 35.0 Å². The van der Waals surface area contributed by atoms with Crippen LogP contribution < -0.4 is 15.4 Å². The van der Waals surface area contributed by atoms with E-state index in [4.69, 9.17) is 0 Å². The van der Waals surface area contributed by atoms with Gasteiger partial charge in [-0.25, -0.2) is 4.98 Å². The summed E-state index contributed by atoms with van der Waals surface area (Å²) in [6.07, 6.45) is 2.73. The van der Waals surface area contributed by atoms with E-state index in [-0.39, 0.29) is 5.75 Å². The monoisotopic (exact) mass is 620 g/mol. The van der Waals surface area contributed by atoms with Crippen molar-refractivity contribution in [3.05, 3.63) is 88.6 Å². The van der Waals surface area contributed by atoms with Crippen LogP contribution in [0.5, 0.6) is 5.75 Å². The highest BCUT2D eigenvalue weighted by molar-refractivity contribution is 7.15. The maximum Gasteiger partial charge on any atom is 0.573 e. The van der Waals surface area contributed by atoms with E-state index in [9.17, 15) is 27.2 Å². The van der Waals surface area contributed by atoms with Crippen LogP contribution in [0.4, 0.5) is 28.5 Å². The van der Waals surface area contributed by atoms with E-state index in [0.29, 0.717) is 42.2 Å². The normalized spacial score (nSPS) is 10.4. The zero-order chi connectivity index (χ0) is 31.5. The summed E-state index contributed by atoms with van der Waals surface area (Å²) >= 11 is 1.35. The van der Waals surface area contributed by atoms with E-state index in [1.54, 1.807) is 37.5 Å².